The van der Waals surface area contributed by atoms with E-state index in [1.807, 2.05) is 18.2 Å². The van der Waals surface area contributed by atoms with Gasteiger partial charge in [0.2, 0.25) is 0 Å². The van der Waals surface area contributed by atoms with Crippen molar-refractivity contribution in [1.82, 2.24) is 5.32 Å². The van der Waals surface area contributed by atoms with Crippen LogP contribution in [-0.4, -0.2) is 28.0 Å². The summed E-state index contributed by atoms with van der Waals surface area (Å²) in [5, 5.41) is 13.3. The predicted octanol–water partition coefficient (Wildman–Crippen LogP) is 4.09. The van der Waals surface area contributed by atoms with Crippen LogP contribution in [0.4, 0.5) is 0 Å². The third kappa shape index (κ3) is 7.28. The minimum Gasteiger partial charge on any atom is -0.612 e. The van der Waals surface area contributed by atoms with Crippen molar-refractivity contribution in [2.24, 2.45) is 0 Å². The summed E-state index contributed by atoms with van der Waals surface area (Å²) in [6.07, 6.45) is 4.55. The normalized spacial score (nSPS) is 12.5. The monoisotopic (exact) mass is 381 g/mol. The van der Waals surface area contributed by atoms with Crippen molar-refractivity contribution in [3.8, 4) is 5.75 Å². The maximum absolute atomic E-state index is 11.6. The van der Waals surface area contributed by atoms with Crippen molar-refractivity contribution in [2.45, 2.75) is 43.5 Å². The Labute approximate surface area is 160 Å². The standard InChI is InChI=1S/C20H27NO2S.ClH/c1-20(2,13-11-16-7-5-4-6-8-16)21-14-12-17-9-10-18(22)19(15-17)24(3)23;/h4-10,15,21-22H,11-14H2,1-3H3;1H. The molecular formula is C20H28ClNO2S. The minimum absolute atomic E-state index is 0. The second-order valence-electron chi connectivity index (χ2n) is 6.80. The Hall–Kier alpha value is -1.20. The molecule has 1 unspecified atom stereocenters. The summed E-state index contributed by atoms with van der Waals surface area (Å²) >= 11 is -1.17. The lowest BCUT2D eigenvalue weighted by atomic mass is 9.95. The number of aryl methyl sites for hydroxylation is 1. The molecule has 0 aliphatic carbocycles. The van der Waals surface area contributed by atoms with Crippen molar-refractivity contribution in [3.05, 3.63) is 59.7 Å². The molecule has 3 nitrogen and oxygen atoms in total. The van der Waals surface area contributed by atoms with Gasteiger partial charge in [0.25, 0.3) is 0 Å². The highest BCUT2D eigenvalue weighted by Crippen LogP contribution is 2.23. The van der Waals surface area contributed by atoms with Crippen LogP contribution in [0.1, 0.15) is 31.4 Å². The van der Waals surface area contributed by atoms with Gasteiger partial charge in [-0.1, -0.05) is 36.4 Å². The highest BCUT2D eigenvalue weighted by atomic mass is 35.5. The van der Waals surface area contributed by atoms with Gasteiger partial charge in [0.1, 0.15) is 6.26 Å². The molecule has 2 N–H and O–H groups in total. The molecule has 0 saturated heterocycles. The zero-order valence-electron chi connectivity index (χ0n) is 15.1. The summed E-state index contributed by atoms with van der Waals surface area (Å²) in [5.74, 6) is 0.107. The zero-order chi connectivity index (χ0) is 17.6. The second-order valence-corrected chi connectivity index (χ2v) is 8.15. The van der Waals surface area contributed by atoms with E-state index < -0.39 is 11.2 Å². The molecule has 0 aliphatic heterocycles. The first-order valence-corrected chi connectivity index (χ1v) is 9.87. The van der Waals surface area contributed by atoms with E-state index >= 15 is 0 Å². The van der Waals surface area contributed by atoms with Crippen LogP contribution in [0, 0.1) is 0 Å². The number of benzene rings is 2. The van der Waals surface area contributed by atoms with Gasteiger partial charge in [0.05, 0.1) is 0 Å². The van der Waals surface area contributed by atoms with Crippen molar-refractivity contribution < 1.29 is 9.66 Å². The topological polar surface area (TPSA) is 55.3 Å². The van der Waals surface area contributed by atoms with Crippen molar-refractivity contribution in [2.75, 3.05) is 12.8 Å². The lowest BCUT2D eigenvalue weighted by Crippen LogP contribution is -2.40. The SMILES string of the molecule is C[S+]([O-])c1cc(CCNC(C)(C)CCc2ccccc2)ccc1O.Cl. The van der Waals surface area contributed by atoms with Gasteiger partial charge in [-0.25, -0.2) is 0 Å². The number of phenolic OH excluding ortho intramolecular Hbond substituents is 1. The van der Waals surface area contributed by atoms with Gasteiger partial charge in [-0.15, -0.1) is 12.4 Å². The fraction of sp³-hybridized carbons (Fsp3) is 0.400. The molecule has 0 saturated carbocycles. The molecular weight excluding hydrogens is 354 g/mol. The molecule has 5 heteroatoms. The van der Waals surface area contributed by atoms with Crippen LogP contribution < -0.4 is 5.32 Å². The van der Waals surface area contributed by atoms with E-state index in [4.69, 9.17) is 0 Å². The molecule has 2 aromatic carbocycles. The summed E-state index contributed by atoms with van der Waals surface area (Å²) in [5.41, 5.74) is 2.51. The number of rotatable bonds is 8. The third-order valence-electron chi connectivity index (χ3n) is 4.23. The molecule has 138 valence electrons. The molecule has 2 rings (SSSR count). The van der Waals surface area contributed by atoms with Crippen LogP contribution in [-0.2, 0) is 24.0 Å². The fourth-order valence-corrected chi connectivity index (χ4v) is 3.36. The van der Waals surface area contributed by atoms with Gasteiger partial charge in [0, 0.05) is 11.6 Å². The minimum atomic E-state index is -1.17. The summed E-state index contributed by atoms with van der Waals surface area (Å²) < 4.78 is 11.6. The van der Waals surface area contributed by atoms with Crippen LogP contribution in [0.15, 0.2) is 53.4 Å². The van der Waals surface area contributed by atoms with E-state index in [-0.39, 0.29) is 23.7 Å². The Morgan fingerprint density at radius 3 is 2.36 bits per heavy atom. The number of hydrogen-bond acceptors (Lipinski definition) is 3. The summed E-state index contributed by atoms with van der Waals surface area (Å²) in [4.78, 5) is 0.510. The van der Waals surface area contributed by atoms with Crippen molar-refractivity contribution in [1.29, 1.82) is 0 Å². The maximum atomic E-state index is 11.6. The molecule has 0 bridgehead atoms. The van der Waals surface area contributed by atoms with Gasteiger partial charge >= 0.3 is 0 Å². The van der Waals surface area contributed by atoms with Crippen LogP contribution >= 0.6 is 12.4 Å². The Morgan fingerprint density at radius 1 is 1.04 bits per heavy atom. The first-order chi connectivity index (χ1) is 11.4. The van der Waals surface area contributed by atoms with Crippen molar-refractivity contribution in [3.63, 3.8) is 0 Å². The van der Waals surface area contributed by atoms with Gasteiger partial charge in [0.15, 0.2) is 10.6 Å². The van der Waals surface area contributed by atoms with E-state index in [0.29, 0.717) is 4.90 Å². The van der Waals surface area contributed by atoms with Gasteiger partial charge in [-0.3, -0.25) is 0 Å². The van der Waals surface area contributed by atoms with E-state index in [2.05, 4.69) is 43.4 Å². The average Bonchev–Trinajstić information content (AvgIpc) is 2.55. The van der Waals surface area contributed by atoms with E-state index in [0.717, 1.165) is 31.4 Å². The predicted molar refractivity (Wildman–Crippen MR) is 108 cm³/mol. The molecule has 0 radical (unpaired) electrons. The number of aromatic hydroxyl groups is 1. The lowest BCUT2D eigenvalue weighted by molar-refractivity contribution is 0.365. The van der Waals surface area contributed by atoms with Crippen molar-refractivity contribution >= 4 is 23.6 Å². The molecule has 0 amide bonds. The van der Waals surface area contributed by atoms with E-state index in [1.54, 1.807) is 12.3 Å². The van der Waals surface area contributed by atoms with Crippen LogP contribution in [0.5, 0.6) is 5.75 Å². The smallest absolute Gasteiger partial charge is 0.194 e. The Bertz CT molecular complexity index is 647. The largest absolute Gasteiger partial charge is 0.612 e. The average molecular weight is 382 g/mol. The van der Waals surface area contributed by atoms with Crippen LogP contribution in [0.3, 0.4) is 0 Å². The fourth-order valence-electron chi connectivity index (χ4n) is 2.68. The lowest BCUT2D eigenvalue weighted by Gasteiger charge is -2.26. The molecule has 0 aliphatic rings. The number of halogens is 1. The molecule has 2 aromatic rings. The highest BCUT2D eigenvalue weighted by molar-refractivity contribution is 7.90. The first-order valence-electron chi connectivity index (χ1n) is 8.32. The number of hydrogen-bond donors (Lipinski definition) is 2. The maximum Gasteiger partial charge on any atom is 0.194 e. The molecule has 0 spiro atoms. The quantitative estimate of drug-likeness (QED) is 0.677. The van der Waals surface area contributed by atoms with Gasteiger partial charge in [-0.05, 0) is 68.0 Å². The van der Waals surface area contributed by atoms with Gasteiger partial charge in [-0.2, -0.15) is 0 Å². The van der Waals surface area contributed by atoms with Crippen LogP contribution in [0.25, 0.3) is 0 Å². The van der Waals surface area contributed by atoms with E-state index in [9.17, 15) is 9.66 Å². The summed E-state index contributed by atoms with van der Waals surface area (Å²) in [6, 6.07) is 15.9. The van der Waals surface area contributed by atoms with E-state index in [1.165, 1.54) is 5.56 Å². The van der Waals surface area contributed by atoms with Gasteiger partial charge < -0.3 is 15.0 Å². The highest BCUT2D eigenvalue weighted by Gasteiger charge is 2.17. The number of phenols is 1. The summed E-state index contributed by atoms with van der Waals surface area (Å²) in [7, 11) is 0. The molecule has 25 heavy (non-hydrogen) atoms. The van der Waals surface area contributed by atoms with Crippen LogP contribution in [0.2, 0.25) is 0 Å². The Kier molecular flexibility index (Phi) is 8.80. The molecule has 0 fully saturated rings. The second kappa shape index (κ2) is 10.1. The third-order valence-corrected chi connectivity index (χ3v) is 5.18. The Balaban J connectivity index is 0.00000312. The Morgan fingerprint density at radius 2 is 1.72 bits per heavy atom. The molecule has 1 atom stereocenters. The number of nitrogens with one attached hydrogen (secondary N) is 1. The molecule has 0 aromatic heterocycles. The first kappa shape index (κ1) is 21.8. The zero-order valence-corrected chi connectivity index (χ0v) is 16.8. The molecule has 0 heterocycles. The summed E-state index contributed by atoms with van der Waals surface area (Å²) in [6.45, 7) is 5.29.